The van der Waals surface area contributed by atoms with E-state index in [4.69, 9.17) is 9.47 Å². The SMILES string of the molecule is O=C1Nc2ccccc2[C@H]1/C=C/c1ccc2c(c1)OCO2. The Morgan fingerprint density at radius 1 is 1.10 bits per heavy atom. The Balaban J connectivity index is 1.62. The summed E-state index contributed by atoms with van der Waals surface area (Å²) < 4.78 is 10.6. The minimum atomic E-state index is -0.244. The lowest BCUT2D eigenvalue weighted by Gasteiger charge is -2.02. The summed E-state index contributed by atoms with van der Waals surface area (Å²) in [6, 6.07) is 13.5. The van der Waals surface area contributed by atoms with E-state index in [1.54, 1.807) is 0 Å². The van der Waals surface area contributed by atoms with Crippen LogP contribution in [0.3, 0.4) is 0 Å². The molecule has 0 aromatic heterocycles. The fourth-order valence-electron chi connectivity index (χ4n) is 2.65. The maximum absolute atomic E-state index is 12.0. The Hall–Kier alpha value is -2.75. The highest BCUT2D eigenvalue weighted by molar-refractivity contribution is 6.04. The number of amides is 1. The Kier molecular flexibility index (Phi) is 2.67. The quantitative estimate of drug-likeness (QED) is 0.918. The first kappa shape index (κ1) is 12.0. The topological polar surface area (TPSA) is 47.6 Å². The number of hydrogen-bond acceptors (Lipinski definition) is 3. The summed E-state index contributed by atoms with van der Waals surface area (Å²) in [5.74, 6) is 1.27. The first-order valence-electron chi connectivity index (χ1n) is 6.79. The van der Waals surface area contributed by atoms with Crippen molar-refractivity contribution in [2.24, 2.45) is 0 Å². The Bertz CT molecular complexity index is 751. The number of carbonyl (C=O) groups excluding carboxylic acids is 1. The maximum Gasteiger partial charge on any atom is 0.235 e. The maximum atomic E-state index is 12.0. The molecule has 21 heavy (non-hydrogen) atoms. The molecule has 0 fully saturated rings. The number of rotatable bonds is 2. The van der Waals surface area contributed by atoms with Crippen LogP contribution in [0.4, 0.5) is 5.69 Å². The van der Waals surface area contributed by atoms with Crippen LogP contribution in [-0.2, 0) is 4.79 Å². The smallest absolute Gasteiger partial charge is 0.235 e. The Labute approximate surface area is 122 Å². The average molecular weight is 279 g/mol. The van der Waals surface area contributed by atoms with Crippen LogP contribution in [0.2, 0.25) is 0 Å². The highest BCUT2D eigenvalue weighted by Crippen LogP contribution is 2.35. The summed E-state index contributed by atoms with van der Waals surface area (Å²) in [6.45, 7) is 0.265. The van der Waals surface area contributed by atoms with E-state index in [0.29, 0.717) is 0 Å². The second-order valence-electron chi connectivity index (χ2n) is 5.03. The second kappa shape index (κ2) is 4.66. The molecule has 2 aromatic rings. The lowest BCUT2D eigenvalue weighted by Crippen LogP contribution is -2.09. The summed E-state index contributed by atoms with van der Waals surface area (Å²) in [5, 5.41) is 2.89. The summed E-state index contributed by atoms with van der Waals surface area (Å²) >= 11 is 0. The second-order valence-corrected chi connectivity index (χ2v) is 5.03. The van der Waals surface area contributed by atoms with E-state index in [9.17, 15) is 4.79 Å². The summed E-state index contributed by atoms with van der Waals surface area (Å²) in [6.07, 6.45) is 3.85. The monoisotopic (exact) mass is 279 g/mol. The van der Waals surface area contributed by atoms with Crippen LogP contribution >= 0.6 is 0 Å². The lowest BCUT2D eigenvalue weighted by atomic mass is 9.99. The van der Waals surface area contributed by atoms with Gasteiger partial charge >= 0.3 is 0 Å². The van der Waals surface area contributed by atoms with Crippen molar-refractivity contribution in [3.63, 3.8) is 0 Å². The van der Waals surface area contributed by atoms with E-state index < -0.39 is 0 Å². The molecule has 4 rings (SSSR count). The standard InChI is InChI=1S/C17H13NO3/c19-17-13(12-3-1-2-4-14(12)18-17)7-5-11-6-8-15-16(9-11)21-10-20-15/h1-9,13H,10H2,(H,18,19)/b7-5+/t13-/m1/s1. The zero-order chi connectivity index (χ0) is 14.2. The third-order valence-corrected chi connectivity index (χ3v) is 3.71. The van der Waals surface area contributed by atoms with Gasteiger partial charge in [0.2, 0.25) is 12.7 Å². The molecule has 4 heteroatoms. The molecule has 2 heterocycles. The lowest BCUT2D eigenvalue weighted by molar-refractivity contribution is -0.116. The summed E-state index contributed by atoms with van der Waals surface area (Å²) in [5.41, 5.74) is 2.89. The summed E-state index contributed by atoms with van der Waals surface area (Å²) in [7, 11) is 0. The van der Waals surface area contributed by atoms with E-state index in [1.165, 1.54) is 0 Å². The van der Waals surface area contributed by atoms with Crippen LogP contribution in [0.5, 0.6) is 11.5 Å². The first-order chi connectivity index (χ1) is 10.3. The van der Waals surface area contributed by atoms with Crippen molar-refractivity contribution in [3.8, 4) is 11.5 Å². The zero-order valence-electron chi connectivity index (χ0n) is 11.2. The highest BCUT2D eigenvalue weighted by atomic mass is 16.7. The number of ether oxygens (including phenoxy) is 2. The Morgan fingerprint density at radius 2 is 1.95 bits per heavy atom. The highest BCUT2D eigenvalue weighted by Gasteiger charge is 2.27. The van der Waals surface area contributed by atoms with Crippen LogP contribution < -0.4 is 14.8 Å². The van der Waals surface area contributed by atoms with Gasteiger partial charge in [-0.1, -0.05) is 36.4 Å². The molecule has 0 aliphatic carbocycles. The van der Waals surface area contributed by atoms with Crippen molar-refractivity contribution in [3.05, 3.63) is 59.7 Å². The molecule has 0 saturated heterocycles. The molecule has 1 N–H and O–H groups in total. The fourth-order valence-corrected chi connectivity index (χ4v) is 2.65. The van der Waals surface area contributed by atoms with Gasteiger partial charge in [-0.15, -0.1) is 0 Å². The number of anilines is 1. The van der Waals surface area contributed by atoms with Gasteiger partial charge < -0.3 is 14.8 Å². The van der Waals surface area contributed by atoms with E-state index in [0.717, 1.165) is 28.3 Å². The number of carbonyl (C=O) groups is 1. The summed E-state index contributed by atoms with van der Waals surface area (Å²) in [4.78, 5) is 12.0. The number of nitrogens with one attached hydrogen (secondary N) is 1. The van der Waals surface area contributed by atoms with Gasteiger partial charge in [0.1, 0.15) is 0 Å². The molecule has 4 nitrogen and oxygen atoms in total. The van der Waals surface area contributed by atoms with Crippen molar-refractivity contribution in [2.75, 3.05) is 12.1 Å². The number of para-hydroxylation sites is 1. The van der Waals surface area contributed by atoms with Gasteiger partial charge in [0.25, 0.3) is 0 Å². The molecule has 104 valence electrons. The van der Waals surface area contributed by atoms with Crippen molar-refractivity contribution in [1.29, 1.82) is 0 Å². The molecule has 0 unspecified atom stereocenters. The van der Waals surface area contributed by atoms with Crippen molar-refractivity contribution >= 4 is 17.7 Å². The molecule has 2 aliphatic rings. The number of hydrogen-bond donors (Lipinski definition) is 1. The molecule has 0 radical (unpaired) electrons. The zero-order valence-corrected chi connectivity index (χ0v) is 11.2. The molecule has 0 saturated carbocycles. The Morgan fingerprint density at radius 3 is 2.90 bits per heavy atom. The number of benzene rings is 2. The molecule has 0 spiro atoms. The largest absolute Gasteiger partial charge is 0.454 e. The molecule has 1 amide bonds. The van der Waals surface area contributed by atoms with Crippen molar-refractivity contribution < 1.29 is 14.3 Å². The van der Waals surface area contributed by atoms with Gasteiger partial charge in [0.15, 0.2) is 11.5 Å². The molecule has 2 aromatic carbocycles. The molecule has 1 atom stereocenters. The normalized spacial score (nSPS) is 18.9. The van der Waals surface area contributed by atoms with Gasteiger partial charge in [-0.25, -0.2) is 0 Å². The van der Waals surface area contributed by atoms with E-state index in [-0.39, 0.29) is 18.6 Å². The van der Waals surface area contributed by atoms with E-state index in [1.807, 2.05) is 54.6 Å². The van der Waals surface area contributed by atoms with Crippen molar-refractivity contribution in [1.82, 2.24) is 0 Å². The van der Waals surface area contributed by atoms with E-state index in [2.05, 4.69) is 5.32 Å². The van der Waals surface area contributed by atoms with Crippen LogP contribution in [0.25, 0.3) is 6.08 Å². The molecule has 2 aliphatic heterocycles. The predicted octanol–water partition coefficient (Wildman–Crippen LogP) is 3.16. The van der Waals surface area contributed by atoms with Crippen molar-refractivity contribution in [2.45, 2.75) is 5.92 Å². The number of fused-ring (bicyclic) bond motifs is 2. The predicted molar refractivity (Wildman–Crippen MR) is 79.4 cm³/mol. The van der Waals surface area contributed by atoms with Gasteiger partial charge in [-0.05, 0) is 29.3 Å². The molecular formula is C17H13NO3. The first-order valence-corrected chi connectivity index (χ1v) is 6.79. The molecular weight excluding hydrogens is 266 g/mol. The van der Waals surface area contributed by atoms with Crippen LogP contribution in [-0.4, -0.2) is 12.7 Å². The van der Waals surface area contributed by atoms with E-state index >= 15 is 0 Å². The van der Waals surface area contributed by atoms with Gasteiger partial charge in [-0.3, -0.25) is 4.79 Å². The minimum Gasteiger partial charge on any atom is -0.454 e. The van der Waals surface area contributed by atoms with Crippen LogP contribution in [0.15, 0.2) is 48.5 Å². The van der Waals surface area contributed by atoms with Gasteiger partial charge in [0, 0.05) is 5.69 Å². The average Bonchev–Trinajstić information content (AvgIpc) is 3.08. The van der Waals surface area contributed by atoms with Crippen LogP contribution in [0, 0.1) is 0 Å². The fraction of sp³-hybridized carbons (Fsp3) is 0.118. The third-order valence-electron chi connectivity index (χ3n) is 3.71. The van der Waals surface area contributed by atoms with Gasteiger partial charge in [0.05, 0.1) is 5.92 Å². The third kappa shape index (κ3) is 2.05. The molecule has 0 bridgehead atoms. The van der Waals surface area contributed by atoms with Gasteiger partial charge in [-0.2, -0.15) is 0 Å². The minimum absolute atomic E-state index is 0.00759. The van der Waals surface area contributed by atoms with Crippen LogP contribution in [0.1, 0.15) is 17.0 Å².